The van der Waals surface area contributed by atoms with E-state index in [2.05, 4.69) is 127 Å². The van der Waals surface area contributed by atoms with E-state index in [1.165, 1.54) is 61.2 Å². The molecule has 8 rings (SSSR count). The second-order valence-corrected chi connectivity index (χ2v) is 11.5. The minimum atomic E-state index is -0.478. The fourth-order valence-corrected chi connectivity index (χ4v) is 7.50. The Labute approximate surface area is 241 Å². The summed E-state index contributed by atoms with van der Waals surface area (Å²) in [6.45, 7) is 2.15. The predicted octanol–water partition coefficient (Wildman–Crippen LogP) is 9.33. The van der Waals surface area contributed by atoms with Gasteiger partial charge in [-0.05, 0) is 108 Å². The van der Waals surface area contributed by atoms with Crippen molar-refractivity contribution in [2.45, 2.75) is 38.0 Å². The van der Waals surface area contributed by atoms with Crippen LogP contribution in [0.15, 0.2) is 109 Å². The number of benzene rings is 4. The topological polar surface area (TPSA) is 28.7 Å². The highest BCUT2D eigenvalue weighted by Gasteiger charge is 2.46. The van der Waals surface area contributed by atoms with Gasteiger partial charge in [0.15, 0.2) is 0 Å². The Kier molecular flexibility index (Phi) is 5.31. The van der Waals surface area contributed by atoms with Crippen LogP contribution >= 0.6 is 0 Å². The Morgan fingerprint density at radius 3 is 2.41 bits per heavy atom. The molecule has 0 amide bonds. The molecule has 1 heterocycles. The Morgan fingerprint density at radius 1 is 0.780 bits per heavy atom. The van der Waals surface area contributed by atoms with Gasteiger partial charge in [-0.3, -0.25) is 0 Å². The van der Waals surface area contributed by atoms with Gasteiger partial charge in [0.25, 0.3) is 0 Å². The number of nitriles is 1. The molecule has 0 saturated carbocycles. The molecule has 3 aliphatic rings. The van der Waals surface area contributed by atoms with E-state index in [-0.39, 0.29) is 0 Å². The van der Waals surface area contributed by atoms with E-state index in [0.29, 0.717) is 5.56 Å². The van der Waals surface area contributed by atoms with Crippen LogP contribution in [0.25, 0.3) is 33.8 Å². The van der Waals surface area contributed by atoms with Crippen LogP contribution in [0.5, 0.6) is 0 Å². The van der Waals surface area contributed by atoms with Gasteiger partial charge in [-0.25, -0.2) is 0 Å². The fourth-order valence-electron chi connectivity index (χ4n) is 7.50. The number of aromatic nitrogens is 1. The minimum Gasteiger partial charge on any atom is -0.313 e. The molecule has 196 valence electrons. The van der Waals surface area contributed by atoms with Crippen LogP contribution < -0.4 is 0 Å². The molecule has 2 nitrogen and oxygen atoms in total. The molecule has 1 unspecified atom stereocenters. The van der Waals surface area contributed by atoms with Crippen molar-refractivity contribution in [3.63, 3.8) is 0 Å². The summed E-state index contributed by atoms with van der Waals surface area (Å²) < 4.78 is 2.50. The van der Waals surface area contributed by atoms with E-state index >= 15 is 0 Å². The van der Waals surface area contributed by atoms with Crippen LogP contribution in [0.1, 0.15) is 63.9 Å². The molecular weight excluding hydrogens is 496 g/mol. The summed E-state index contributed by atoms with van der Waals surface area (Å²) in [5, 5.41) is 11.1. The maximum atomic E-state index is 9.79. The Balaban J connectivity index is 1.47. The molecule has 2 heteroatoms. The second kappa shape index (κ2) is 9.08. The average Bonchev–Trinajstić information content (AvgIpc) is 3.52. The van der Waals surface area contributed by atoms with Gasteiger partial charge >= 0.3 is 0 Å². The van der Waals surface area contributed by atoms with Gasteiger partial charge in [-0.2, -0.15) is 5.26 Å². The summed E-state index contributed by atoms with van der Waals surface area (Å²) in [6.07, 6.45) is 15.6. The molecule has 4 aromatic carbocycles. The number of nitrogens with zero attached hydrogens (tertiary/aromatic N) is 2. The summed E-state index contributed by atoms with van der Waals surface area (Å²) in [5.41, 5.74) is 14.3. The van der Waals surface area contributed by atoms with Crippen molar-refractivity contribution in [2.24, 2.45) is 0 Å². The van der Waals surface area contributed by atoms with Crippen LogP contribution in [0.4, 0.5) is 0 Å². The number of allylic oxidation sites excluding steroid dienone is 5. The molecular formula is C39H30N2. The first-order chi connectivity index (χ1) is 20.2. The zero-order valence-electron chi connectivity index (χ0n) is 23.2. The molecule has 1 aromatic heterocycles. The lowest BCUT2D eigenvalue weighted by Crippen LogP contribution is -2.28. The fraction of sp³-hybridized carbons (Fsp3) is 0.154. The van der Waals surface area contributed by atoms with Gasteiger partial charge < -0.3 is 4.57 Å². The van der Waals surface area contributed by atoms with Crippen molar-refractivity contribution in [3.05, 3.63) is 154 Å². The Morgan fingerprint density at radius 2 is 1.59 bits per heavy atom. The van der Waals surface area contributed by atoms with E-state index in [0.717, 1.165) is 31.2 Å². The number of hydrogen-bond acceptors (Lipinski definition) is 1. The lowest BCUT2D eigenvalue weighted by molar-refractivity contribution is 0.769. The average molecular weight is 527 g/mol. The van der Waals surface area contributed by atoms with E-state index in [9.17, 15) is 5.26 Å². The van der Waals surface area contributed by atoms with Crippen molar-refractivity contribution < 1.29 is 0 Å². The zero-order chi connectivity index (χ0) is 27.6. The van der Waals surface area contributed by atoms with E-state index in [1.807, 2.05) is 6.07 Å². The third-order valence-corrected chi connectivity index (χ3v) is 9.32. The Hall–Kier alpha value is -4.87. The second-order valence-electron chi connectivity index (χ2n) is 11.5. The molecule has 3 aliphatic carbocycles. The first kappa shape index (κ1) is 24.0. The first-order valence-electron chi connectivity index (χ1n) is 14.6. The maximum absolute atomic E-state index is 9.79. The smallest absolute Gasteiger partial charge is 0.0991 e. The molecule has 0 aliphatic heterocycles. The standard InChI is InChI=1S/C39H30N2/c1-26-15-18-28(19-16-26)39(35-13-7-5-11-31(35)33-23-27(25-40)17-21-36(33)39)29-20-22-38-34(24-29)32-12-6-8-14-37(32)41(38)30-9-3-2-4-10-30/h2-3,5,7-9,11,13-24H,4,6,10,12H2,1H3. The van der Waals surface area contributed by atoms with Crippen LogP contribution in [0, 0.1) is 18.3 Å². The van der Waals surface area contributed by atoms with Gasteiger partial charge in [0.05, 0.1) is 22.6 Å². The van der Waals surface area contributed by atoms with E-state index in [1.54, 1.807) is 0 Å². The van der Waals surface area contributed by atoms with E-state index < -0.39 is 5.41 Å². The molecule has 0 spiro atoms. The van der Waals surface area contributed by atoms with Crippen LogP contribution in [0.2, 0.25) is 0 Å². The summed E-state index contributed by atoms with van der Waals surface area (Å²) in [4.78, 5) is 0. The maximum Gasteiger partial charge on any atom is 0.0991 e. The van der Waals surface area contributed by atoms with Crippen LogP contribution in [-0.4, -0.2) is 4.57 Å². The third kappa shape index (κ3) is 3.36. The monoisotopic (exact) mass is 526 g/mol. The number of aryl methyl sites for hydroxylation is 2. The third-order valence-electron chi connectivity index (χ3n) is 9.32. The Bertz CT molecular complexity index is 2010. The van der Waals surface area contributed by atoms with Crippen molar-refractivity contribution in [2.75, 3.05) is 0 Å². The minimum absolute atomic E-state index is 0.478. The molecule has 0 fully saturated rings. The highest BCUT2D eigenvalue weighted by atomic mass is 15.0. The van der Waals surface area contributed by atoms with Crippen molar-refractivity contribution in [1.29, 1.82) is 5.26 Å². The van der Waals surface area contributed by atoms with Crippen molar-refractivity contribution in [1.82, 2.24) is 4.57 Å². The zero-order valence-corrected chi connectivity index (χ0v) is 23.2. The largest absolute Gasteiger partial charge is 0.313 e. The van der Waals surface area contributed by atoms with Gasteiger partial charge in [0, 0.05) is 16.8 Å². The number of rotatable bonds is 3. The molecule has 41 heavy (non-hydrogen) atoms. The predicted molar refractivity (Wildman–Crippen MR) is 169 cm³/mol. The van der Waals surface area contributed by atoms with Gasteiger partial charge in [0.2, 0.25) is 0 Å². The van der Waals surface area contributed by atoms with Gasteiger partial charge in [-0.1, -0.05) is 84.5 Å². The van der Waals surface area contributed by atoms with Gasteiger partial charge in [0.1, 0.15) is 0 Å². The summed E-state index contributed by atoms with van der Waals surface area (Å²) >= 11 is 0. The van der Waals surface area contributed by atoms with Gasteiger partial charge in [-0.15, -0.1) is 0 Å². The summed E-state index contributed by atoms with van der Waals surface area (Å²) in [7, 11) is 0. The highest BCUT2D eigenvalue weighted by molar-refractivity contribution is 5.95. The molecule has 0 saturated heterocycles. The quantitative estimate of drug-likeness (QED) is 0.226. The summed E-state index contributed by atoms with van der Waals surface area (Å²) in [6, 6.07) is 33.7. The lowest BCUT2D eigenvalue weighted by Gasteiger charge is -2.34. The normalized spacial score (nSPS) is 18.5. The van der Waals surface area contributed by atoms with Crippen molar-refractivity contribution >= 4 is 22.7 Å². The number of fused-ring (bicyclic) bond motifs is 6. The number of hydrogen-bond donors (Lipinski definition) is 0. The molecule has 1 atom stereocenters. The van der Waals surface area contributed by atoms with Crippen molar-refractivity contribution in [3.8, 4) is 17.2 Å². The van der Waals surface area contributed by atoms with Crippen LogP contribution in [-0.2, 0) is 11.8 Å². The molecule has 5 aromatic rings. The lowest BCUT2D eigenvalue weighted by atomic mass is 9.67. The SMILES string of the molecule is Cc1ccc(C2(c3ccc4c(c3)c3c(n4C4=CC=CCC4)C=CCC3)c3ccccc3-c3cc(C#N)ccc32)cc1. The summed E-state index contributed by atoms with van der Waals surface area (Å²) in [5.74, 6) is 0. The van der Waals surface area contributed by atoms with Crippen LogP contribution in [0.3, 0.4) is 0 Å². The molecule has 0 N–H and O–H groups in total. The van der Waals surface area contributed by atoms with E-state index in [4.69, 9.17) is 0 Å². The molecule has 0 bridgehead atoms. The highest BCUT2D eigenvalue weighted by Crippen LogP contribution is 2.56. The molecule has 0 radical (unpaired) electrons. The first-order valence-corrected chi connectivity index (χ1v) is 14.6.